The Morgan fingerprint density at radius 1 is 0.368 bits per heavy atom. The third-order valence-corrected chi connectivity index (χ3v) is 3.44. The Hall–Kier alpha value is -3.72. The number of benzene rings is 4. The molecule has 0 atom stereocenters. The van der Waals surface area contributed by atoms with Gasteiger partial charge in [0.25, 0.3) is 0 Å². The molecule has 0 radical (unpaired) electrons. The van der Waals surface area contributed by atoms with Crippen LogP contribution >= 0.6 is 0 Å². The van der Waals surface area contributed by atoms with Crippen LogP contribution < -0.4 is 0 Å². The SMILES string of the molecule is CCC.CCC.CCC.Cc1cccc(C)c1.Oc1ccccc1.Oc1ccccc1.Oc1ccccc1. The number of aryl methyl sites for hydroxylation is 2. The average Bonchev–Trinajstić information content (AvgIpc) is 2.88. The molecule has 0 unspecified atom stereocenters. The summed E-state index contributed by atoms with van der Waals surface area (Å²) in [6, 6.07) is 34.6. The molecule has 4 aromatic rings. The minimum Gasteiger partial charge on any atom is -0.508 e. The van der Waals surface area contributed by atoms with Crippen molar-refractivity contribution in [3.8, 4) is 17.2 Å². The first-order chi connectivity index (χ1) is 18.2. The van der Waals surface area contributed by atoms with Crippen LogP contribution in [-0.2, 0) is 0 Å². The van der Waals surface area contributed by atoms with Gasteiger partial charge >= 0.3 is 0 Å². The van der Waals surface area contributed by atoms with Gasteiger partial charge in [-0.2, -0.15) is 0 Å². The van der Waals surface area contributed by atoms with Crippen molar-refractivity contribution < 1.29 is 15.3 Å². The quantitative estimate of drug-likeness (QED) is 0.216. The van der Waals surface area contributed by atoms with Crippen molar-refractivity contribution in [2.24, 2.45) is 0 Å². The van der Waals surface area contributed by atoms with E-state index in [1.165, 1.54) is 30.4 Å². The van der Waals surface area contributed by atoms with Gasteiger partial charge in [0, 0.05) is 0 Å². The van der Waals surface area contributed by atoms with Crippen LogP contribution in [0, 0.1) is 13.8 Å². The highest BCUT2D eigenvalue weighted by Gasteiger charge is 1.81. The van der Waals surface area contributed by atoms with E-state index >= 15 is 0 Å². The number of hydrogen-bond donors (Lipinski definition) is 3. The van der Waals surface area contributed by atoms with Gasteiger partial charge in [0.15, 0.2) is 0 Å². The smallest absolute Gasteiger partial charge is 0.115 e. The molecule has 0 aliphatic heterocycles. The number of phenolic OH excluding ortho intramolecular Hbond substituents is 3. The summed E-state index contributed by atoms with van der Waals surface area (Å²) in [6.07, 6.45) is 3.75. The molecule has 4 aromatic carbocycles. The van der Waals surface area contributed by atoms with Crippen LogP contribution in [0.15, 0.2) is 115 Å². The zero-order valence-corrected chi connectivity index (χ0v) is 24.9. The Morgan fingerprint density at radius 3 is 0.684 bits per heavy atom. The maximum atomic E-state index is 8.63. The Kier molecular flexibility index (Phi) is 32.0. The van der Waals surface area contributed by atoms with Gasteiger partial charge in [0.1, 0.15) is 17.2 Å². The number of hydrogen-bond acceptors (Lipinski definition) is 3. The number of para-hydroxylation sites is 3. The van der Waals surface area contributed by atoms with Gasteiger partial charge in [0.05, 0.1) is 0 Å². The Labute approximate surface area is 233 Å². The van der Waals surface area contributed by atoms with E-state index in [9.17, 15) is 0 Å². The van der Waals surface area contributed by atoms with Gasteiger partial charge in [-0.25, -0.2) is 0 Å². The molecule has 0 amide bonds. The highest BCUT2D eigenvalue weighted by atomic mass is 16.3. The van der Waals surface area contributed by atoms with E-state index in [2.05, 4.69) is 79.7 Å². The first-order valence-corrected chi connectivity index (χ1v) is 13.5. The summed E-state index contributed by atoms with van der Waals surface area (Å²) >= 11 is 0. The lowest BCUT2D eigenvalue weighted by molar-refractivity contribution is 0.475. The lowest BCUT2D eigenvalue weighted by Crippen LogP contribution is -1.71. The van der Waals surface area contributed by atoms with E-state index in [-0.39, 0.29) is 0 Å². The molecule has 0 spiro atoms. The van der Waals surface area contributed by atoms with Crippen LogP contribution in [-0.4, -0.2) is 15.3 Å². The molecule has 0 saturated carbocycles. The second kappa shape index (κ2) is 31.3. The van der Waals surface area contributed by atoms with E-state index in [1.54, 1.807) is 72.8 Å². The Bertz CT molecular complexity index is 829. The zero-order chi connectivity index (χ0) is 29.4. The van der Waals surface area contributed by atoms with E-state index in [4.69, 9.17) is 15.3 Å². The van der Waals surface area contributed by atoms with E-state index in [0.717, 1.165) is 0 Å². The zero-order valence-electron chi connectivity index (χ0n) is 24.9. The van der Waals surface area contributed by atoms with Crippen molar-refractivity contribution in [3.63, 3.8) is 0 Å². The Morgan fingerprint density at radius 2 is 0.579 bits per heavy atom. The van der Waals surface area contributed by atoms with Crippen LogP contribution in [0.5, 0.6) is 17.2 Å². The van der Waals surface area contributed by atoms with Crippen molar-refractivity contribution >= 4 is 0 Å². The fourth-order valence-corrected chi connectivity index (χ4v) is 2.09. The molecule has 3 heteroatoms. The second-order valence-electron chi connectivity index (χ2n) is 8.29. The molecule has 0 heterocycles. The van der Waals surface area contributed by atoms with Gasteiger partial charge in [-0.05, 0) is 50.2 Å². The van der Waals surface area contributed by atoms with Gasteiger partial charge in [0.2, 0.25) is 0 Å². The molecule has 38 heavy (non-hydrogen) atoms. The predicted octanol–water partition coefficient (Wildman–Crippen LogP) is 10.7. The lowest BCUT2D eigenvalue weighted by atomic mass is 10.2. The standard InChI is InChI=1S/C8H10.3C6H6O.3C3H8/c1-7-4-3-5-8(2)6-7;3*7-6-4-2-1-3-5-6;3*1-3-2/h3-6H,1-2H3;3*1-5,7H;3*3H2,1-2H3. The molecule has 0 saturated heterocycles. The summed E-state index contributed by atoms with van der Waals surface area (Å²) in [7, 11) is 0. The third-order valence-electron chi connectivity index (χ3n) is 3.44. The summed E-state index contributed by atoms with van der Waals surface area (Å²) in [5.41, 5.74) is 2.68. The van der Waals surface area contributed by atoms with Crippen molar-refractivity contribution in [2.45, 2.75) is 74.7 Å². The fraction of sp³-hybridized carbons (Fsp3) is 0.314. The normalized spacial score (nSPS) is 8.11. The van der Waals surface area contributed by atoms with Crippen molar-refractivity contribution in [2.75, 3.05) is 0 Å². The molecule has 0 aromatic heterocycles. The van der Waals surface area contributed by atoms with Gasteiger partial charge in [-0.1, -0.05) is 151 Å². The minimum atomic E-state index is 0.322. The first-order valence-electron chi connectivity index (χ1n) is 13.5. The largest absolute Gasteiger partial charge is 0.508 e. The van der Waals surface area contributed by atoms with Crippen molar-refractivity contribution in [1.29, 1.82) is 0 Å². The average molecular weight is 521 g/mol. The molecule has 3 N–H and O–H groups in total. The van der Waals surface area contributed by atoms with E-state index in [0.29, 0.717) is 17.2 Å². The summed E-state index contributed by atoms with van der Waals surface area (Å²) in [5, 5.41) is 25.9. The number of phenols is 3. The lowest BCUT2D eigenvalue weighted by Gasteiger charge is -1.90. The minimum absolute atomic E-state index is 0.322. The number of rotatable bonds is 0. The topological polar surface area (TPSA) is 60.7 Å². The van der Waals surface area contributed by atoms with Crippen LogP contribution in [0.25, 0.3) is 0 Å². The third kappa shape index (κ3) is 34.4. The monoisotopic (exact) mass is 520 g/mol. The molecule has 0 bridgehead atoms. The van der Waals surface area contributed by atoms with Crippen LogP contribution in [0.4, 0.5) is 0 Å². The van der Waals surface area contributed by atoms with Crippen LogP contribution in [0.2, 0.25) is 0 Å². The van der Waals surface area contributed by atoms with Gasteiger partial charge in [-0.15, -0.1) is 0 Å². The maximum Gasteiger partial charge on any atom is 0.115 e. The highest BCUT2D eigenvalue weighted by Crippen LogP contribution is 2.04. The van der Waals surface area contributed by atoms with Crippen LogP contribution in [0.1, 0.15) is 71.9 Å². The summed E-state index contributed by atoms with van der Waals surface area (Å²) in [4.78, 5) is 0. The molecular weight excluding hydrogens is 468 g/mol. The van der Waals surface area contributed by atoms with Gasteiger partial charge < -0.3 is 15.3 Å². The number of aromatic hydroxyl groups is 3. The summed E-state index contributed by atoms with van der Waals surface area (Å²) in [5.74, 6) is 0.965. The molecule has 210 valence electrons. The van der Waals surface area contributed by atoms with Gasteiger partial charge in [-0.3, -0.25) is 0 Å². The van der Waals surface area contributed by atoms with Crippen molar-refractivity contribution in [1.82, 2.24) is 0 Å². The second-order valence-corrected chi connectivity index (χ2v) is 8.29. The molecular formula is C35H52O3. The highest BCUT2D eigenvalue weighted by molar-refractivity contribution is 5.21. The van der Waals surface area contributed by atoms with Crippen LogP contribution in [0.3, 0.4) is 0 Å². The molecule has 3 nitrogen and oxygen atoms in total. The van der Waals surface area contributed by atoms with Crippen molar-refractivity contribution in [3.05, 3.63) is 126 Å². The summed E-state index contributed by atoms with van der Waals surface area (Å²) in [6.45, 7) is 17.0. The summed E-state index contributed by atoms with van der Waals surface area (Å²) < 4.78 is 0. The predicted molar refractivity (Wildman–Crippen MR) is 168 cm³/mol. The Balaban J connectivity index is -0.000000390. The fourth-order valence-electron chi connectivity index (χ4n) is 2.09. The first kappa shape index (κ1) is 38.8. The molecule has 4 rings (SSSR count). The maximum absolute atomic E-state index is 8.63. The van der Waals surface area contributed by atoms with E-state index < -0.39 is 0 Å². The van der Waals surface area contributed by atoms with E-state index in [1.807, 2.05) is 18.2 Å². The molecule has 0 fully saturated rings. The molecule has 0 aliphatic carbocycles. The molecule has 0 aliphatic rings.